The van der Waals surface area contributed by atoms with E-state index in [-0.39, 0.29) is 6.29 Å². The topological polar surface area (TPSA) is 30.5 Å². The minimum absolute atomic E-state index is 0.0738. The highest BCUT2D eigenvalue weighted by molar-refractivity contribution is 4.74. The monoisotopic (exact) mass is 159 g/mol. The van der Waals surface area contributed by atoms with Crippen LogP contribution in [-0.4, -0.2) is 33.1 Å². The van der Waals surface area contributed by atoms with Gasteiger partial charge in [0, 0.05) is 14.2 Å². The van der Waals surface area contributed by atoms with Crippen LogP contribution in [-0.2, 0) is 9.47 Å². The minimum Gasteiger partial charge on any atom is -0.354 e. The molecule has 1 atom stereocenters. The van der Waals surface area contributed by atoms with Gasteiger partial charge in [-0.15, -0.1) is 0 Å². The molecule has 1 saturated heterocycles. The Labute approximate surface area is 68.1 Å². The Kier molecular flexibility index (Phi) is 3.83. The summed E-state index contributed by atoms with van der Waals surface area (Å²) in [4.78, 5) is 0. The van der Waals surface area contributed by atoms with Gasteiger partial charge in [0.15, 0.2) is 6.29 Å². The summed E-state index contributed by atoms with van der Waals surface area (Å²) in [6.07, 6.45) is 3.64. The second-order valence-corrected chi connectivity index (χ2v) is 2.90. The quantitative estimate of drug-likeness (QED) is 0.616. The first-order chi connectivity index (χ1) is 5.38. The Balaban J connectivity index is 2.30. The van der Waals surface area contributed by atoms with Crippen LogP contribution in [0.2, 0.25) is 0 Å². The van der Waals surface area contributed by atoms with Gasteiger partial charge in [-0.05, 0) is 19.4 Å². The maximum Gasteiger partial charge on any atom is 0.171 e. The Morgan fingerprint density at radius 1 is 1.27 bits per heavy atom. The molecule has 1 unspecified atom stereocenters. The summed E-state index contributed by atoms with van der Waals surface area (Å²) >= 11 is 0. The van der Waals surface area contributed by atoms with E-state index >= 15 is 0 Å². The average Bonchev–Trinajstić information content (AvgIpc) is 2.09. The lowest BCUT2D eigenvalue weighted by Crippen LogP contribution is -2.44. The van der Waals surface area contributed by atoms with Crippen molar-refractivity contribution in [3.05, 3.63) is 0 Å². The van der Waals surface area contributed by atoms with Crippen LogP contribution in [0.3, 0.4) is 0 Å². The zero-order valence-electron chi connectivity index (χ0n) is 7.30. The predicted molar refractivity (Wildman–Crippen MR) is 43.4 cm³/mol. The van der Waals surface area contributed by atoms with Crippen molar-refractivity contribution in [2.45, 2.75) is 31.6 Å². The Morgan fingerprint density at radius 2 is 2.00 bits per heavy atom. The smallest absolute Gasteiger partial charge is 0.171 e. The van der Waals surface area contributed by atoms with Crippen LogP contribution >= 0.6 is 0 Å². The maximum atomic E-state index is 5.15. The van der Waals surface area contributed by atoms with E-state index in [2.05, 4.69) is 5.32 Å². The SMILES string of the molecule is COC(OC)C1CCCCN1. The molecule has 66 valence electrons. The van der Waals surface area contributed by atoms with Crippen molar-refractivity contribution >= 4 is 0 Å². The second-order valence-electron chi connectivity index (χ2n) is 2.90. The summed E-state index contributed by atoms with van der Waals surface area (Å²) < 4.78 is 10.3. The van der Waals surface area contributed by atoms with Gasteiger partial charge in [-0.3, -0.25) is 0 Å². The largest absolute Gasteiger partial charge is 0.354 e. The molecule has 0 saturated carbocycles. The van der Waals surface area contributed by atoms with Crippen LogP contribution in [0.1, 0.15) is 19.3 Å². The highest BCUT2D eigenvalue weighted by Gasteiger charge is 2.21. The first-order valence-corrected chi connectivity index (χ1v) is 4.17. The van der Waals surface area contributed by atoms with Gasteiger partial charge in [0.25, 0.3) is 0 Å². The molecule has 0 spiro atoms. The number of hydrogen-bond donors (Lipinski definition) is 1. The summed E-state index contributed by atoms with van der Waals surface area (Å²) in [5.41, 5.74) is 0. The van der Waals surface area contributed by atoms with Crippen LogP contribution in [0.4, 0.5) is 0 Å². The molecule has 3 nitrogen and oxygen atoms in total. The third kappa shape index (κ3) is 2.43. The van der Waals surface area contributed by atoms with Gasteiger partial charge in [0.05, 0.1) is 6.04 Å². The third-order valence-corrected chi connectivity index (χ3v) is 2.14. The van der Waals surface area contributed by atoms with Crippen molar-refractivity contribution in [2.24, 2.45) is 0 Å². The van der Waals surface area contributed by atoms with Gasteiger partial charge < -0.3 is 14.8 Å². The molecular weight excluding hydrogens is 142 g/mol. The van der Waals surface area contributed by atoms with Crippen molar-refractivity contribution in [3.8, 4) is 0 Å². The Bertz CT molecular complexity index is 98.3. The minimum atomic E-state index is -0.0738. The molecule has 0 radical (unpaired) electrons. The standard InChI is InChI=1S/C8H17NO2/c1-10-8(11-2)7-5-3-4-6-9-7/h7-9H,3-6H2,1-2H3. The number of rotatable bonds is 3. The van der Waals surface area contributed by atoms with Crippen molar-refractivity contribution in [1.82, 2.24) is 5.32 Å². The molecule has 0 bridgehead atoms. The number of piperidine rings is 1. The normalized spacial score (nSPS) is 25.9. The van der Waals surface area contributed by atoms with E-state index in [0.29, 0.717) is 6.04 Å². The van der Waals surface area contributed by atoms with E-state index in [1.165, 1.54) is 12.8 Å². The predicted octanol–water partition coefficient (Wildman–Crippen LogP) is 0.747. The highest BCUT2D eigenvalue weighted by Crippen LogP contribution is 2.12. The molecule has 1 rings (SSSR count). The Morgan fingerprint density at radius 3 is 2.45 bits per heavy atom. The zero-order valence-corrected chi connectivity index (χ0v) is 7.30. The fourth-order valence-electron chi connectivity index (χ4n) is 1.54. The second kappa shape index (κ2) is 4.70. The van der Waals surface area contributed by atoms with Crippen molar-refractivity contribution < 1.29 is 9.47 Å². The molecule has 11 heavy (non-hydrogen) atoms. The van der Waals surface area contributed by atoms with E-state index in [0.717, 1.165) is 13.0 Å². The molecule has 0 aromatic carbocycles. The molecule has 1 aliphatic rings. The molecule has 0 aliphatic carbocycles. The zero-order chi connectivity index (χ0) is 8.10. The van der Waals surface area contributed by atoms with Gasteiger partial charge >= 0.3 is 0 Å². The van der Waals surface area contributed by atoms with E-state index < -0.39 is 0 Å². The first-order valence-electron chi connectivity index (χ1n) is 4.17. The highest BCUT2D eigenvalue weighted by atomic mass is 16.7. The summed E-state index contributed by atoms with van der Waals surface area (Å²) in [6.45, 7) is 1.09. The lowest BCUT2D eigenvalue weighted by atomic mass is 10.0. The molecule has 1 N–H and O–H groups in total. The number of methoxy groups -OCH3 is 2. The van der Waals surface area contributed by atoms with E-state index in [4.69, 9.17) is 9.47 Å². The van der Waals surface area contributed by atoms with E-state index in [9.17, 15) is 0 Å². The fraction of sp³-hybridized carbons (Fsp3) is 1.00. The van der Waals surface area contributed by atoms with Gasteiger partial charge in [-0.1, -0.05) is 6.42 Å². The third-order valence-electron chi connectivity index (χ3n) is 2.14. The summed E-state index contributed by atoms with van der Waals surface area (Å²) in [5.74, 6) is 0. The molecule has 1 aliphatic heterocycles. The summed E-state index contributed by atoms with van der Waals surface area (Å²) in [7, 11) is 3.37. The summed E-state index contributed by atoms with van der Waals surface area (Å²) in [6, 6.07) is 0.388. The van der Waals surface area contributed by atoms with E-state index in [1.807, 2.05) is 0 Å². The first kappa shape index (κ1) is 8.97. The van der Waals surface area contributed by atoms with Crippen LogP contribution in [0.15, 0.2) is 0 Å². The lowest BCUT2D eigenvalue weighted by Gasteiger charge is -2.28. The lowest BCUT2D eigenvalue weighted by molar-refractivity contribution is -0.126. The van der Waals surface area contributed by atoms with Gasteiger partial charge in [-0.2, -0.15) is 0 Å². The maximum absolute atomic E-state index is 5.15. The van der Waals surface area contributed by atoms with E-state index in [1.54, 1.807) is 14.2 Å². The Hall–Kier alpha value is -0.120. The van der Waals surface area contributed by atoms with Gasteiger partial charge in [0.2, 0.25) is 0 Å². The number of ether oxygens (including phenoxy) is 2. The van der Waals surface area contributed by atoms with Crippen LogP contribution < -0.4 is 5.32 Å². The molecule has 1 heterocycles. The molecule has 1 fully saturated rings. The average molecular weight is 159 g/mol. The number of nitrogens with one attached hydrogen (secondary N) is 1. The van der Waals surface area contributed by atoms with Crippen LogP contribution in [0, 0.1) is 0 Å². The van der Waals surface area contributed by atoms with Gasteiger partial charge in [-0.25, -0.2) is 0 Å². The van der Waals surface area contributed by atoms with Crippen molar-refractivity contribution in [2.75, 3.05) is 20.8 Å². The fourth-order valence-corrected chi connectivity index (χ4v) is 1.54. The van der Waals surface area contributed by atoms with Crippen molar-refractivity contribution in [1.29, 1.82) is 0 Å². The van der Waals surface area contributed by atoms with Crippen LogP contribution in [0.5, 0.6) is 0 Å². The van der Waals surface area contributed by atoms with Crippen molar-refractivity contribution in [3.63, 3.8) is 0 Å². The molecule has 0 aromatic heterocycles. The molecule has 3 heteroatoms. The molecule has 0 aromatic rings. The molecular formula is C8H17NO2. The molecule has 0 amide bonds. The number of hydrogen-bond acceptors (Lipinski definition) is 3. The van der Waals surface area contributed by atoms with Gasteiger partial charge in [0.1, 0.15) is 0 Å². The van der Waals surface area contributed by atoms with Crippen LogP contribution in [0.25, 0.3) is 0 Å². The summed E-state index contributed by atoms with van der Waals surface area (Å²) in [5, 5.41) is 3.37.